The van der Waals surface area contributed by atoms with E-state index in [1.807, 2.05) is 23.7 Å². The molecule has 0 aliphatic carbocycles. The summed E-state index contributed by atoms with van der Waals surface area (Å²) in [6.07, 6.45) is 2.65. The highest BCUT2D eigenvalue weighted by atomic mass is 16.5. The summed E-state index contributed by atoms with van der Waals surface area (Å²) < 4.78 is 7.38. The Balaban J connectivity index is 1.50. The van der Waals surface area contributed by atoms with Crippen molar-refractivity contribution in [3.8, 4) is 6.07 Å². The quantitative estimate of drug-likeness (QED) is 0.820. The lowest BCUT2D eigenvalue weighted by atomic mass is 10.1. The third kappa shape index (κ3) is 4.21. The fourth-order valence-electron chi connectivity index (χ4n) is 3.23. The lowest BCUT2D eigenvalue weighted by molar-refractivity contribution is 0.193. The van der Waals surface area contributed by atoms with Crippen molar-refractivity contribution in [2.45, 2.75) is 25.8 Å². The van der Waals surface area contributed by atoms with Crippen LogP contribution in [-0.2, 0) is 18.3 Å². The average molecular weight is 354 g/mol. The standard InChI is InChI=1S/C19H26N6O/c1-14-16(8-17(10-20)25(14)3)11-24(2)6-5-21-19-9-18(22-13-23-19)15-4-7-26-12-15/h8-9,13,15H,4-7,11-12H2,1-3H3,(H,21,22,23)/t15-/m1/s1. The summed E-state index contributed by atoms with van der Waals surface area (Å²) in [6, 6.07) is 6.23. The second kappa shape index (κ2) is 8.30. The summed E-state index contributed by atoms with van der Waals surface area (Å²) in [5.74, 6) is 1.24. The molecule has 1 saturated heterocycles. The van der Waals surface area contributed by atoms with Crippen molar-refractivity contribution in [3.05, 3.63) is 41.1 Å². The first-order valence-corrected chi connectivity index (χ1v) is 8.96. The van der Waals surface area contributed by atoms with Crippen LogP contribution in [0.25, 0.3) is 0 Å². The van der Waals surface area contributed by atoms with Crippen LogP contribution in [0.1, 0.15) is 35.0 Å². The molecule has 0 radical (unpaired) electrons. The van der Waals surface area contributed by atoms with E-state index in [9.17, 15) is 0 Å². The smallest absolute Gasteiger partial charge is 0.129 e. The first kappa shape index (κ1) is 18.4. The molecule has 0 saturated carbocycles. The predicted octanol–water partition coefficient (Wildman–Crippen LogP) is 2.04. The second-order valence-corrected chi connectivity index (χ2v) is 6.86. The van der Waals surface area contributed by atoms with Gasteiger partial charge in [-0.2, -0.15) is 5.26 Å². The molecule has 7 nitrogen and oxygen atoms in total. The summed E-state index contributed by atoms with van der Waals surface area (Å²) in [4.78, 5) is 10.9. The number of rotatable bonds is 7. The normalized spacial score (nSPS) is 16.8. The van der Waals surface area contributed by atoms with E-state index < -0.39 is 0 Å². The minimum Gasteiger partial charge on any atom is -0.381 e. The third-order valence-corrected chi connectivity index (χ3v) is 5.03. The predicted molar refractivity (Wildman–Crippen MR) is 99.9 cm³/mol. The van der Waals surface area contributed by atoms with Crippen molar-refractivity contribution in [1.82, 2.24) is 19.4 Å². The van der Waals surface area contributed by atoms with Gasteiger partial charge in [-0.25, -0.2) is 9.97 Å². The molecule has 1 fully saturated rings. The third-order valence-electron chi connectivity index (χ3n) is 5.03. The van der Waals surface area contributed by atoms with E-state index in [1.54, 1.807) is 6.33 Å². The Morgan fingerprint density at radius 2 is 2.27 bits per heavy atom. The van der Waals surface area contributed by atoms with Gasteiger partial charge in [-0.1, -0.05) is 0 Å². The van der Waals surface area contributed by atoms with Crippen molar-refractivity contribution < 1.29 is 4.74 Å². The lowest BCUT2D eigenvalue weighted by Crippen LogP contribution is -2.25. The summed E-state index contributed by atoms with van der Waals surface area (Å²) in [5, 5.41) is 12.5. The molecular weight excluding hydrogens is 328 g/mol. The first-order chi connectivity index (χ1) is 12.6. The Hall–Kier alpha value is -2.43. The molecule has 1 atom stereocenters. The highest BCUT2D eigenvalue weighted by Crippen LogP contribution is 2.24. The van der Waals surface area contributed by atoms with Crippen LogP contribution in [0.2, 0.25) is 0 Å². The fourth-order valence-corrected chi connectivity index (χ4v) is 3.23. The van der Waals surface area contributed by atoms with Gasteiger partial charge in [-0.3, -0.25) is 0 Å². The van der Waals surface area contributed by atoms with Crippen LogP contribution in [0.3, 0.4) is 0 Å². The SMILES string of the molecule is Cc1c(CN(C)CCNc2cc([C@@H]3CCOC3)ncn2)cc(C#N)n1C. The van der Waals surface area contributed by atoms with Gasteiger partial charge in [0, 0.05) is 51.0 Å². The van der Waals surface area contributed by atoms with Crippen molar-refractivity contribution in [1.29, 1.82) is 5.26 Å². The second-order valence-electron chi connectivity index (χ2n) is 6.86. The number of nitrogens with zero attached hydrogens (tertiary/aromatic N) is 5. The molecule has 1 N–H and O–H groups in total. The molecule has 1 aliphatic rings. The van der Waals surface area contributed by atoms with Crippen LogP contribution in [-0.4, -0.2) is 52.8 Å². The molecule has 0 bridgehead atoms. The van der Waals surface area contributed by atoms with Gasteiger partial charge in [-0.05, 0) is 32.0 Å². The highest BCUT2D eigenvalue weighted by molar-refractivity contribution is 5.36. The molecule has 1 aliphatic heterocycles. The number of ether oxygens (including phenoxy) is 1. The lowest BCUT2D eigenvalue weighted by Gasteiger charge is -2.17. The fraction of sp³-hybridized carbons (Fsp3) is 0.526. The van der Waals surface area contributed by atoms with Gasteiger partial charge >= 0.3 is 0 Å². The summed E-state index contributed by atoms with van der Waals surface area (Å²) >= 11 is 0. The minimum atomic E-state index is 0.386. The van der Waals surface area contributed by atoms with Gasteiger partial charge in [-0.15, -0.1) is 0 Å². The number of aromatic nitrogens is 3. The van der Waals surface area contributed by atoms with Crippen molar-refractivity contribution in [3.63, 3.8) is 0 Å². The Bertz CT molecular complexity index is 788. The molecule has 0 spiro atoms. The van der Waals surface area contributed by atoms with Gasteiger partial charge in [0.2, 0.25) is 0 Å². The van der Waals surface area contributed by atoms with Crippen molar-refractivity contribution in [2.75, 3.05) is 38.7 Å². The van der Waals surface area contributed by atoms with Crippen LogP contribution in [0.15, 0.2) is 18.5 Å². The molecular formula is C19H26N6O. The molecule has 0 amide bonds. The van der Waals surface area contributed by atoms with Gasteiger partial charge < -0.3 is 19.5 Å². The van der Waals surface area contributed by atoms with Gasteiger partial charge in [0.1, 0.15) is 23.9 Å². The highest BCUT2D eigenvalue weighted by Gasteiger charge is 2.19. The van der Waals surface area contributed by atoms with Crippen LogP contribution in [0.4, 0.5) is 5.82 Å². The molecule has 7 heteroatoms. The van der Waals surface area contributed by atoms with E-state index in [0.29, 0.717) is 11.6 Å². The molecule has 138 valence electrons. The summed E-state index contributed by atoms with van der Waals surface area (Å²) in [6.45, 7) is 6.11. The van der Waals surface area contributed by atoms with Gasteiger partial charge in [0.25, 0.3) is 0 Å². The first-order valence-electron chi connectivity index (χ1n) is 8.96. The maximum atomic E-state index is 9.14. The Morgan fingerprint density at radius 1 is 1.42 bits per heavy atom. The largest absolute Gasteiger partial charge is 0.381 e. The summed E-state index contributed by atoms with van der Waals surface area (Å²) in [7, 11) is 4.02. The Labute approximate surface area is 154 Å². The van der Waals surface area contributed by atoms with Crippen LogP contribution >= 0.6 is 0 Å². The number of anilines is 1. The molecule has 3 rings (SSSR count). The molecule has 3 heterocycles. The van der Waals surface area contributed by atoms with Crippen molar-refractivity contribution in [2.24, 2.45) is 7.05 Å². The zero-order valence-electron chi connectivity index (χ0n) is 15.7. The van der Waals surface area contributed by atoms with Gasteiger partial charge in [0.15, 0.2) is 0 Å². The molecule has 2 aromatic rings. The van der Waals surface area contributed by atoms with Crippen LogP contribution < -0.4 is 5.32 Å². The Morgan fingerprint density at radius 3 is 2.96 bits per heavy atom. The van der Waals surface area contributed by atoms with E-state index >= 15 is 0 Å². The van der Waals surface area contributed by atoms with E-state index in [2.05, 4.69) is 40.2 Å². The zero-order valence-corrected chi connectivity index (χ0v) is 15.7. The van der Waals surface area contributed by atoms with Crippen LogP contribution in [0, 0.1) is 18.3 Å². The number of likely N-dealkylation sites (N-methyl/N-ethyl adjacent to an activating group) is 1. The molecule has 2 aromatic heterocycles. The average Bonchev–Trinajstić information content (AvgIpc) is 3.26. The van der Waals surface area contributed by atoms with Crippen molar-refractivity contribution >= 4 is 5.82 Å². The Kier molecular flexibility index (Phi) is 5.86. The topological polar surface area (TPSA) is 79.0 Å². The number of nitriles is 1. The monoisotopic (exact) mass is 354 g/mol. The molecule has 0 unspecified atom stereocenters. The number of hydrogen-bond donors (Lipinski definition) is 1. The maximum absolute atomic E-state index is 9.14. The minimum absolute atomic E-state index is 0.386. The molecule has 26 heavy (non-hydrogen) atoms. The molecule has 0 aromatic carbocycles. The number of nitrogens with one attached hydrogen (secondary N) is 1. The van der Waals surface area contributed by atoms with E-state index in [1.165, 1.54) is 5.56 Å². The number of hydrogen-bond acceptors (Lipinski definition) is 6. The summed E-state index contributed by atoms with van der Waals surface area (Å²) in [5.41, 5.74) is 4.09. The maximum Gasteiger partial charge on any atom is 0.129 e. The zero-order chi connectivity index (χ0) is 18.5. The van der Waals surface area contributed by atoms with E-state index in [4.69, 9.17) is 10.00 Å². The van der Waals surface area contributed by atoms with E-state index in [0.717, 1.165) is 56.5 Å². The van der Waals surface area contributed by atoms with E-state index in [-0.39, 0.29) is 0 Å². The van der Waals surface area contributed by atoms with Gasteiger partial charge in [0.05, 0.1) is 12.3 Å². The van der Waals surface area contributed by atoms with Crippen LogP contribution in [0.5, 0.6) is 0 Å².